The molecular formula is C15H23NO3. The maximum absolute atomic E-state index is 11.5. The molecule has 0 saturated carbocycles. The summed E-state index contributed by atoms with van der Waals surface area (Å²) >= 11 is 0. The van der Waals surface area contributed by atoms with E-state index in [-0.39, 0.29) is 11.9 Å². The first-order valence-corrected chi connectivity index (χ1v) is 6.73. The van der Waals surface area contributed by atoms with Crippen molar-refractivity contribution in [3.63, 3.8) is 0 Å². The van der Waals surface area contributed by atoms with E-state index >= 15 is 0 Å². The Kier molecular flexibility index (Phi) is 6.36. The molecule has 2 N–H and O–H groups in total. The van der Waals surface area contributed by atoms with E-state index < -0.39 is 6.10 Å². The third-order valence-electron chi connectivity index (χ3n) is 2.70. The van der Waals surface area contributed by atoms with Crippen molar-refractivity contribution in [1.82, 2.24) is 5.32 Å². The molecule has 1 atom stereocenters. The van der Waals surface area contributed by atoms with Gasteiger partial charge in [0.15, 0.2) is 0 Å². The molecule has 0 aliphatic rings. The van der Waals surface area contributed by atoms with E-state index in [1.165, 1.54) is 0 Å². The number of benzene rings is 1. The summed E-state index contributed by atoms with van der Waals surface area (Å²) in [5.41, 5.74) is 0.772. The number of carbonyl (C=O) groups is 1. The number of para-hydroxylation sites is 1. The fourth-order valence-electron chi connectivity index (χ4n) is 1.76. The Morgan fingerprint density at radius 3 is 2.68 bits per heavy atom. The van der Waals surface area contributed by atoms with Crippen LogP contribution in [0.1, 0.15) is 45.3 Å². The van der Waals surface area contributed by atoms with Gasteiger partial charge >= 0.3 is 0 Å². The highest BCUT2D eigenvalue weighted by Gasteiger charge is 2.11. The van der Waals surface area contributed by atoms with Crippen molar-refractivity contribution in [2.45, 2.75) is 45.8 Å². The molecule has 1 rings (SSSR count). The lowest BCUT2D eigenvalue weighted by atomic mass is 10.1. The van der Waals surface area contributed by atoms with Crippen molar-refractivity contribution in [3.05, 3.63) is 29.8 Å². The second-order valence-electron chi connectivity index (χ2n) is 4.78. The highest BCUT2D eigenvalue weighted by molar-refractivity contribution is 5.76. The molecule has 0 heterocycles. The van der Waals surface area contributed by atoms with Crippen molar-refractivity contribution >= 4 is 5.91 Å². The Bertz CT molecular complexity index is 404. The predicted octanol–water partition coefficient (Wildman–Crippen LogP) is 2.42. The van der Waals surface area contributed by atoms with Crippen LogP contribution in [0.25, 0.3) is 0 Å². The van der Waals surface area contributed by atoms with Gasteiger partial charge in [-0.2, -0.15) is 0 Å². The standard InChI is InChI=1S/C15H23NO3/c1-4-13(17)12-7-5-6-8-14(12)19-10-9-15(18)16-11(2)3/h5-8,11,13,17H,4,9-10H2,1-3H3,(H,16,18)/t13-/m1/s1. The summed E-state index contributed by atoms with van der Waals surface area (Å²) < 4.78 is 5.59. The molecule has 1 amide bonds. The zero-order valence-electron chi connectivity index (χ0n) is 11.8. The number of aliphatic hydroxyl groups excluding tert-OH is 1. The minimum Gasteiger partial charge on any atom is -0.493 e. The number of amides is 1. The summed E-state index contributed by atoms with van der Waals surface area (Å²) in [6.45, 7) is 6.07. The van der Waals surface area contributed by atoms with Crippen LogP contribution in [0.2, 0.25) is 0 Å². The Hall–Kier alpha value is -1.55. The molecular weight excluding hydrogens is 242 g/mol. The van der Waals surface area contributed by atoms with Crippen LogP contribution < -0.4 is 10.1 Å². The molecule has 0 aliphatic carbocycles. The topological polar surface area (TPSA) is 58.6 Å². The number of hydrogen-bond acceptors (Lipinski definition) is 3. The lowest BCUT2D eigenvalue weighted by molar-refractivity contribution is -0.122. The Labute approximate surface area is 114 Å². The molecule has 0 spiro atoms. The van der Waals surface area contributed by atoms with E-state index in [0.29, 0.717) is 25.2 Å². The summed E-state index contributed by atoms with van der Waals surface area (Å²) in [5.74, 6) is 0.623. The van der Waals surface area contributed by atoms with Gasteiger partial charge in [0.05, 0.1) is 19.1 Å². The zero-order chi connectivity index (χ0) is 14.3. The van der Waals surface area contributed by atoms with Gasteiger partial charge in [0, 0.05) is 11.6 Å². The Balaban J connectivity index is 2.51. The van der Waals surface area contributed by atoms with Crippen molar-refractivity contribution in [2.24, 2.45) is 0 Å². The fourth-order valence-corrected chi connectivity index (χ4v) is 1.76. The molecule has 106 valence electrons. The largest absolute Gasteiger partial charge is 0.493 e. The maximum atomic E-state index is 11.5. The van der Waals surface area contributed by atoms with Gasteiger partial charge in [-0.25, -0.2) is 0 Å². The number of aliphatic hydroxyl groups is 1. The minimum absolute atomic E-state index is 0.0245. The van der Waals surface area contributed by atoms with E-state index in [9.17, 15) is 9.90 Å². The SMILES string of the molecule is CC[C@@H](O)c1ccccc1OCCC(=O)NC(C)C. The lowest BCUT2D eigenvalue weighted by Crippen LogP contribution is -2.31. The van der Waals surface area contributed by atoms with Gasteiger partial charge in [0.25, 0.3) is 0 Å². The van der Waals surface area contributed by atoms with E-state index in [1.807, 2.05) is 45.0 Å². The van der Waals surface area contributed by atoms with Gasteiger partial charge < -0.3 is 15.2 Å². The third-order valence-corrected chi connectivity index (χ3v) is 2.70. The summed E-state index contributed by atoms with van der Waals surface area (Å²) in [4.78, 5) is 11.5. The number of hydrogen-bond donors (Lipinski definition) is 2. The second kappa shape index (κ2) is 7.79. The maximum Gasteiger partial charge on any atom is 0.223 e. The summed E-state index contributed by atoms with van der Waals surface area (Å²) in [6, 6.07) is 7.52. The van der Waals surface area contributed by atoms with Crippen LogP contribution in [-0.2, 0) is 4.79 Å². The number of nitrogens with one attached hydrogen (secondary N) is 1. The molecule has 4 nitrogen and oxygen atoms in total. The number of ether oxygens (including phenoxy) is 1. The normalized spacial score (nSPS) is 12.3. The van der Waals surface area contributed by atoms with Crippen molar-refractivity contribution in [1.29, 1.82) is 0 Å². The van der Waals surface area contributed by atoms with Crippen LogP contribution in [0.3, 0.4) is 0 Å². The Morgan fingerprint density at radius 1 is 1.37 bits per heavy atom. The molecule has 1 aromatic carbocycles. The molecule has 0 fully saturated rings. The molecule has 1 aromatic rings. The average molecular weight is 265 g/mol. The fraction of sp³-hybridized carbons (Fsp3) is 0.533. The van der Waals surface area contributed by atoms with Crippen LogP contribution in [-0.4, -0.2) is 23.7 Å². The van der Waals surface area contributed by atoms with E-state index in [1.54, 1.807) is 0 Å². The van der Waals surface area contributed by atoms with Gasteiger partial charge in [-0.1, -0.05) is 25.1 Å². The monoisotopic (exact) mass is 265 g/mol. The molecule has 4 heteroatoms. The van der Waals surface area contributed by atoms with Gasteiger partial charge in [-0.15, -0.1) is 0 Å². The van der Waals surface area contributed by atoms with Crippen molar-refractivity contribution < 1.29 is 14.6 Å². The zero-order valence-corrected chi connectivity index (χ0v) is 11.8. The van der Waals surface area contributed by atoms with Gasteiger partial charge in [-0.3, -0.25) is 4.79 Å². The number of rotatable bonds is 7. The highest BCUT2D eigenvalue weighted by atomic mass is 16.5. The van der Waals surface area contributed by atoms with Crippen LogP contribution in [0.5, 0.6) is 5.75 Å². The van der Waals surface area contributed by atoms with E-state index in [2.05, 4.69) is 5.32 Å². The van der Waals surface area contributed by atoms with Gasteiger partial charge in [0.1, 0.15) is 5.75 Å². The smallest absolute Gasteiger partial charge is 0.223 e. The van der Waals surface area contributed by atoms with Gasteiger partial charge in [-0.05, 0) is 26.3 Å². The van der Waals surface area contributed by atoms with Crippen LogP contribution >= 0.6 is 0 Å². The molecule has 0 radical (unpaired) electrons. The Morgan fingerprint density at radius 2 is 2.05 bits per heavy atom. The molecule has 0 aromatic heterocycles. The highest BCUT2D eigenvalue weighted by Crippen LogP contribution is 2.26. The predicted molar refractivity (Wildman–Crippen MR) is 75.1 cm³/mol. The summed E-state index contributed by atoms with van der Waals surface area (Å²) in [6.07, 6.45) is 0.420. The first kappa shape index (κ1) is 15.5. The number of carbonyl (C=O) groups excluding carboxylic acids is 1. The van der Waals surface area contributed by atoms with E-state index in [4.69, 9.17) is 4.74 Å². The lowest BCUT2D eigenvalue weighted by Gasteiger charge is -2.15. The minimum atomic E-state index is -0.527. The van der Waals surface area contributed by atoms with E-state index in [0.717, 1.165) is 5.56 Å². The summed E-state index contributed by atoms with van der Waals surface area (Å²) in [7, 11) is 0. The molecule has 0 saturated heterocycles. The summed E-state index contributed by atoms with van der Waals surface area (Å²) in [5, 5.41) is 12.7. The molecule has 19 heavy (non-hydrogen) atoms. The van der Waals surface area contributed by atoms with Crippen LogP contribution in [0.15, 0.2) is 24.3 Å². The third kappa shape index (κ3) is 5.30. The molecule has 0 aliphatic heterocycles. The first-order chi connectivity index (χ1) is 9.04. The molecule has 0 unspecified atom stereocenters. The quantitative estimate of drug-likeness (QED) is 0.796. The second-order valence-corrected chi connectivity index (χ2v) is 4.78. The van der Waals surface area contributed by atoms with Crippen molar-refractivity contribution in [3.8, 4) is 5.75 Å². The molecule has 0 bridgehead atoms. The average Bonchev–Trinajstić information content (AvgIpc) is 2.37. The van der Waals surface area contributed by atoms with Crippen LogP contribution in [0.4, 0.5) is 0 Å². The van der Waals surface area contributed by atoms with Crippen LogP contribution in [0, 0.1) is 0 Å². The van der Waals surface area contributed by atoms with Crippen molar-refractivity contribution in [2.75, 3.05) is 6.61 Å². The first-order valence-electron chi connectivity index (χ1n) is 6.73. The van der Waals surface area contributed by atoms with Gasteiger partial charge in [0.2, 0.25) is 5.91 Å².